The highest BCUT2D eigenvalue weighted by Gasteiger charge is 2.20. The predicted molar refractivity (Wildman–Crippen MR) is 126 cm³/mol. The molecule has 2 rings (SSSR count). The lowest BCUT2D eigenvalue weighted by molar-refractivity contribution is -0.144. The van der Waals surface area contributed by atoms with E-state index < -0.39 is 55.3 Å². The highest BCUT2D eigenvalue weighted by Crippen LogP contribution is 2.26. The fraction of sp³-hybridized carbons (Fsp3) is 0.190. The second-order valence-electron chi connectivity index (χ2n) is 6.43. The van der Waals surface area contributed by atoms with Crippen molar-refractivity contribution >= 4 is 76.1 Å². The Morgan fingerprint density at radius 3 is 1.34 bits per heavy atom. The van der Waals surface area contributed by atoms with Crippen molar-refractivity contribution in [1.82, 2.24) is 0 Å². The summed E-state index contributed by atoms with van der Waals surface area (Å²) in [5, 5.41) is 16.4. The van der Waals surface area contributed by atoms with Gasteiger partial charge < -0.3 is 25.4 Å². The Labute approximate surface area is 218 Å². The third kappa shape index (κ3) is 10.1. The molecular formula is C21H17Cl4NO9. The van der Waals surface area contributed by atoms with E-state index in [4.69, 9.17) is 71.8 Å². The Morgan fingerprint density at radius 1 is 0.743 bits per heavy atom. The molecule has 0 spiro atoms. The molecule has 0 unspecified atom stereocenters. The maximum absolute atomic E-state index is 12.0. The first-order valence-corrected chi connectivity index (χ1v) is 10.8. The monoisotopic (exact) mass is 567 g/mol. The van der Waals surface area contributed by atoms with Crippen molar-refractivity contribution in [2.45, 2.75) is 12.5 Å². The first-order chi connectivity index (χ1) is 16.3. The van der Waals surface area contributed by atoms with Gasteiger partial charge in [-0.25, -0.2) is 9.59 Å². The van der Waals surface area contributed by atoms with Crippen LogP contribution >= 0.6 is 46.4 Å². The van der Waals surface area contributed by atoms with Crippen LogP contribution in [0.3, 0.4) is 0 Å². The van der Waals surface area contributed by atoms with Crippen LogP contribution in [-0.4, -0.2) is 59.1 Å². The number of ether oxygens (including phenoxy) is 2. The SMILES string of the molecule is N[C@@H](CC(=O)O)C(=O)O.O=C(COC(=O)c1c(Cl)cccc1Cl)COC(=O)c1c(Cl)cccc1Cl. The average molecular weight is 569 g/mol. The minimum absolute atomic E-state index is 0.0523. The van der Waals surface area contributed by atoms with Crippen molar-refractivity contribution in [2.24, 2.45) is 5.73 Å². The molecule has 188 valence electrons. The van der Waals surface area contributed by atoms with Crippen LogP contribution in [0.1, 0.15) is 27.1 Å². The van der Waals surface area contributed by atoms with Crippen LogP contribution in [-0.2, 0) is 23.9 Å². The van der Waals surface area contributed by atoms with E-state index in [1.807, 2.05) is 0 Å². The summed E-state index contributed by atoms with van der Waals surface area (Å²) in [5.74, 6) is -4.88. The average Bonchev–Trinajstić information content (AvgIpc) is 2.76. The van der Waals surface area contributed by atoms with E-state index >= 15 is 0 Å². The maximum atomic E-state index is 12.0. The molecule has 0 aliphatic carbocycles. The molecular weight excluding hydrogens is 552 g/mol. The number of carboxylic acids is 2. The number of hydrogen-bond donors (Lipinski definition) is 3. The van der Waals surface area contributed by atoms with Gasteiger partial charge in [-0.15, -0.1) is 0 Å². The van der Waals surface area contributed by atoms with Crippen LogP contribution in [0.5, 0.6) is 0 Å². The minimum atomic E-state index is -1.29. The van der Waals surface area contributed by atoms with Crippen molar-refractivity contribution in [1.29, 1.82) is 0 Å². The van der Waals surface area contributed by atoms with E-state index in [-0.39, 0.29) is 31.2 Å². The van der Waals surface area contributed by atoms with Crippen molar-refractivity contribution < 1.29 is 43.7 Å². The van der Waals surface area contributed by atoms with Crippen LogP contribution in [0.4, 0.5) is 0 Å². The molecule has 0 aromatic heterocycles. The molecule has 14 heteroatoms. The number of carboxylic acid groups (broad SMARTS) is 2. The van der Waals surface area contributed by atoms with Crippen LogP contribution in [0.15, 0.2) is 36.4 Å². The van der Waals surface area contributed by atoms with Crippen LogP contribution in [0, 0.1) is 0 Å². The molecule has 0 aliphatic heterocycles. The van der Waals surface area contributed by atoms with Crippen molar-refractivity contribution in [3.05, 3.63) is 67.6 Å². The number of nitrogens with two attached hydrogens (primary N) is 1. The highest BCUT2D eigenvalue weighted by molar-refractivity contribution is 6.40. The first kappa shape index (κ1) is 30.1. The highest BCUT2D eigenvalue weighted by atomic mass is 35.5. The second-order valence-corrected chi connectivity index (χ2v) is 8.06. The van der Waals surface area contributed by atoms with Crippen LogP contribution in [0.2, 0.25) is 20.1 Å². The summed E-state index contributed by atoms with van der Waals surface area (Å²) >= 11 is 23.5. The van der Waals surface area contributed by atoms with Gasteiger partial charge >= 0.3 is 23.9 Å². The molecule has 2 aromatic rings. The summed E-state index contributed by atoms with van der Waals surface area (Å²) in [6.07, 6.45) is -0.532. The number of esters is 2. The number of rotatable bonds is 9. The molecule has 0 radical (unpaired) electrons. The van der Waals surface area contributed by atoms with Crippen molar-refractivity contribution in [3.63, 3.8) is 0 Å². The predicted octanol–water partition coefficient (Wildman–Crippen LogP) is 3.76. The zero-order valence-electron chi connectivity index (χ0n) is 17.5. The van der Waals surface area contributed by atoms with Crippen LogP contribution < -0.4 is 5.73 Å². The third-order valence-electron chi connectivity index (χ3n) is 3.77. The van der Waals surface area contributed by atoms with Gasteiger partial charge in [-0.3, -0.25) is 14.4 Å². The lowest BCUT2D eigenvalue weighted by Crippen LogP contribution is -2.32. The van der Waals surface area contributed by atoms with Gasteiger partial charge in [0.2, 0.25) is 5.78 Å². The molecule has 1 atom stereocenters. The van der Waals surface area contributed by atoms with E-state index in [2.05, 4.69) is 0 Å². The topological polar surface area (TPSA) is 170 Å². The normalized spacial score (nSPS) is 10.9. The van der Waals surface area contributed by atoms with E-state index in [1.165, 1.54) is 24.3 Å². The molecule has 35 heavy (non-hydrogen) atoms. The third-order valence-corrected chi connectivity index (χ3v) is 5.03. The number of ketones is 1. The fourth-order valence-electron chi connectivity index (χ4n) is 2.14. The minimum Gasteiger partial charge on any atom is -0.481 e. The number of hydrogen-bond acceptors (Lipinski definition) is 8. The number of halogens is 4. The van der Waals surface area contributed by atoms with E-state index in [0.29, 0.717) is 0 Å². The van der Waals surface area contributed by atoms with E-state index in [1.54, 1.807) is 12.1 Å². The fourth-order valence-corrected chi connectivity index (χ4v) is 3.24. The Balaban J connectivity index is 0.000000579. The molecule has 0 fully saturated rings. The molecule has 10 nitrogen and oxygen atoms in total. The number of Topliss-reactive ketones (excluding diaryl/α,β-unsaturated/α-hetero) is 1. The molecule has 0 heterocycles. The summed E-state index contributed by atoms with van der Waals surface area (Å²) in [5.41, 5.74) is 4.73. The Morgan fingerprint density at radius 2 is 1.09 bits per heavy atom. The van der Waals surface area contributed by atoms with Gasteiger partial charge in [-0.05, 0) is 24.3 Å². The van der Waals surface area contributed by atoms with Gasteiger partial charge in [-0.1, -0.05) is 58.5 Å². The Kier molecular flexibility index (Phi) is 12.5. The molecule has 4 N–H and O–H groups in total. The zero-order chi connectivity index (χ0) is 26.7. The molecule has 0 saturated heterocycles. The van der Waals surface area contributed by atoms with Gasteiger partial charge in [0.25, 0.3) is 0 Å². The van der Waals surface area contributed by atoms with Gasteiger partial charge in [0.05, 0.1) is 37.6 Å². The Bertz CT molecular complexity index is 1010. The standard InChI is InChI=1S/C17H10Cl4O5.C4H7NO4/c18-10-3-1-4-11(19)14(10)16(23)25-7-9(22)8-26-17(24)15-12(20)5-2-6-13(15)21;5-2(4(8)9)1-3(6)7/h1-6H,7-8H2;2H,1,5H2,(H,6,7)(H,8,9)/t;2-/m.0/s1. The molecule has 0 bridgehead atoms. The number of carbonyl (C=O) groups is 5. The number of benzene rings is 2. The molecule has 0 aliphatic rings. The van der Waals surface area contributed by atoms with Gasteiger partial charge in [0, 0.05) is 0 Å². The first-order valence-electron chi connectivity index (χ1n) is 9.29. The maximum Gasteiger partial charge on any atom is 0.341 e. The zero-order valence-corrected chi connectivity index (χ0v) is 20.5. The van der Waals surface area contributed by atoms with Gasteiger partial charge in [0.15, 0.2) is 13.2 Å². The number of aliphatic carboxylic acids is 2. The summed E-state index contributed by atoms with van der Waals surface area (Å²) in [4.78, 5) is 55.3. The summed E-state index contributed by atoms with van der Waals surface area (Å²) in [7, 11) is 0. The van der Waals surface area contributed by atoms with Crippen molar-refractivity contribution in [3.8, 4) is 0 Å². The lowest BCUT2D eigenvalue weighted by atomic mass is 10.2. The van der Waals surface area contributed by atoms with Gasteiger partial charge in [0.1, 0.15) is 6.04 Å². The van der Waals surface area contributed by atoms with Crippen molar-refractivity contribution in [2.75, 3.05) is 13.2 Å². The Hall–Kier alpha value is -2.89. The molecule has 0 amide bonds. The van der Waals surface area contributed by atoms with E-state index in [9.17, 15) is 24.0 Å². The summed E-state index contributed by atoms with van der Waals surface area (Å²) < 4.78 is 9.67. The van der Waals surface area contributed by atoms with Gasteiger partial charge in [-0.2, -0.15) is 0 Å². The quantitative estimate of drug-likeness (QED) is 0.378. The van der Waals surface area contributed by atoms with Crippen LogP contribution in [0.25, 0.3) is 0 Å². The lowest BCUT2D eigenvalue weighted by Gasteiger charge is -2.09. The summed E-state index contributed by atoms with van der Waals surface area (Å²) in [6, 6.07) is 7.67. The summed E-state index contributed by atoms with van der Waals surface area (Å²) in [6.45, 7) is -1.24. The molecule has 2 aromatic carbocycles. The smallest absolute Gasteiger partial charge is 0.341 e. The molecule has 0 saturated carbocycles. The number of carbonyl (C=O) groups excluding carboxylic acids is 3. The largest absolute Gasteiger partial charge is 0.481 e. The van der Waals surface area contributed by atoms with E-state index in [0.717, 1.165) is 0 Å². The second kappa shape index (κ2) is 14.5.